The fourth-order valence-electron chi connectivity index (χ4n) is 2.28. The van der Waals surface area contributed by atoms with E-state index in [2.05, 4.69) is 10.6 Å². The molecule has 2 rings (SSSR count). The lowest BCUT2D eigenvalue weighted by Gasteiger charge is -2.16. The molecule has 0 fully saturated rings. The molecule has 0 saturated carbocycles. The highest BCUT2D eigenvalue weighted by molar-refractivity contribution is 6.35. The molecule has 25 heavy (non-hydrogen) atoms. The van der Waals surface area contributed by atoms with Gasteiger partial charge in [-0.1, -0.05) is 42.0 Å². The van der Waals surface area contributed by atoms with E-state index in [-0.39, 0.29) is 18.9 Å². The summed E-state index contributed by atoms with van der Waals surface area (Å²) in [7, 11) is 1.46. The molecule has 0 aliphatic carbocycles. The highest BCUT2D eigenvalue weighted by Crippen LogP contribution is 2.16. The van der Waals surface area contributed by atoms with Crippen LogP contribution in [0.25, 0.3) is 0 Å². The van der Waals surface area contributed by atoms with Crippen molar-refractivity contribution in [2.75, 3.05) is 13.7 Å². The van der Waals surface area contributed by atoms with E-state index in [9.17, 15) is 14.0 Å². The zero-order valence-corrected chi connectivity index (χ0v) is 14.2. The lowest BCUT2D eigenvalue weighted by molar-refractivity contribution is -0.139. The molecule has 132 valence electrons. The number of halogens is 1. The Balaban J connectivity index is 1.83. The number of amides is 2. The molecule has 1 atom stereocenters. The van der Waals surface area contributed by atoms with Gasteiger partial charge in [-0.05, 0) is 30.2 Å². The van der Waals surface area contributed by atoms with Crippen LogP contribution < -0.4 is 10.6 Å². The molecule has 0 aromatic heterocycles. The number of hydrogen-bond donors (Lipinski definition) is 2. The third-order valence-corrected chi connectivity index (χ3v) is 3.73. The monoisotopic (exact) mass is 344 g/mol. The quantitative estimate of drug-likeness (QED) is 0.790. The van der Waals surface area contributed by atoms with Crippen molar-refractivity contribution in [2.24, 2.45) is 0 Å². The van der Waals surface area contributed by atoms with E-state index in [0.29, 0.717) is 5.56 Å². The third-order valence-electron chi connectivity index (χ3n) is 3.73. The Kier molecular flexibility index (Phi) is 6.65. The number of aryl methyl sites for hydroxylation is 1. The van der Waals surface area contributed by atoms with Crippen molar-refractivity contribution in [1.29, 1.82) is 0 Å². The van der Waals surface area contributed by atoms with Crippen molar-refractivity contribution in [3.63, 3.8) is 0 Å². The largest absolute Gasteiger partial charge is 0.375 e. The van der Waals surface area contributed by atoms with E-state index >= 15 is 0 Å². The first-order valence-corrected chi connectivity index (χ1v) is 7.89. The van der Waals surface area contributed by atoms with E-state index in [1.54, 1.807) is 12.1 Å². The van der Waals surface area contributed by atoms with Crippen LogP contribution in [0.15, 0.2) is 48.5 Å². The molecule has 0 saturated heterocycles. The van der Waals surface area contributed by atoms with Crippen LogP contribution in [0.1, 0.15) is 22.8 Å². The van der Waals surface area contributed by atoms with Crippen LogP contribution in [0.4, 0.5) is 4.39 Å². The number of methoxy groups -OCH3 is 1. The minimum atomic E-state index is -0.759. The summed E-state index contributed by atoms with van der Waals surface area (Å²) >= 11 is 0. The Labute approximate surface area is 146 Å². The molecule has 2 aromatic rings. The van der Waals surface area contributed by atoms with Crippen LogP contribution in [0, 0.1) is 12.7 Å². The predicted molar refractivity (Wildman–Crippen MR) is 92.2 cm³/mol. The second-order valence-electron chi connectivity index (χ2n) is 5.66. The van der Waals surface area contributed by atoms with Gasteiger partial charge < -0.3 is 15.4 Å². The lowest BCUT2D eigenvalue weighted by atomic mass is 10.1. The van der Waals surface area contributed by atoms with Crippen molar-refractivity contribution in [2.45, 2.75) is 19.6 Å². The van der Waals surface area contributed by atoms with Crippen LogP contribution in [-0.4, -0.2) is 25.5 Å². The van der Waals surface area contributed by atoms with Crippen LogP contribution in [0.5, 0.6) is 0 Å². The van der Waals surface area contributed by atoms with E-state index in [1.165, 1.54) is 19.2 Å². The number of ether oxygens (including phenoxy) is 1. The number of rotatable bonds is 6. The Bertz CT molecular complexity index is 732. The van der Waals surface area contributed by atoms with Crippen molar-refractivity contribution < 1.29 is 18.7 Å². The number of nitrogens with one attached hydrogen (secondary N) is 2. The Hall–Kier alpha value is -2.73. The van der Waals surface area contributed by atoms with Crippen molar-refractivity contribution in [3.8, 4) is 0 Å². The minimum absolute atomic E-state index is 0.0662. The molecule has 0 heterocycles. The summed E-state index contributed by atoms with van der Waals surface area (Å²) in [6.07, 6.45) is -0.537. The van der Waals surface area contributed by atoms with Crippen LogP contribution >= 0.6 is 0 Å². The highest BCUT2D eigenvalue weighted by Gasteiger charge is 2.17. The Morgan fingerprint density at radius 2 is 1.76 bits per heavy atom. The normalized spacial score (nSPS) is 11.6. The molecule has 0 spiro atoms. The summed E-state index contributed by atoms with van der Waals surface area (Å²) in [4.78, 5) is 23.7. The van der Waals surface area contributed by atoms with Crippen molar-refractivity contribution in [3.05, 3.63) is 71.0 Å². The maximum atomic E-state index is 13.3. The van der Waals surface area contributed by atoms with Gasteiger partial charge in [-0.2, -0.15) is 0 Å². The van der Waals surface area contributed by atoms with Crippen LogP contribution in [0.3, 0.4) is 0 Å². The summed E-state index contributed by atoms with van der Waals surface area (Å²) in [5.74, 6) is -1.87. The molecule has 2 aromatic carbocycles. The fraction of sp³-hybridized carbons (Fsp3) is 0.263. The van der Waals surface area contributed by atoms with Gasteiger partial charge in [-0.3, -0.25) is 9.59 Å². The Morgan fingerprint density at radius 3 is 2.40 bits per heavy atom. The second kappa shape index (κ2) is 8.94. The first kappa shape index (κ1) is 18.6. The van der Waals surface area contributed by atoms with E-state index in [4.69, 9.17) is 4.74 Å². The maximum Gasteiger partial charge on any atom is 0.309 e. The highest BCUT2D eigenvalue weighted by atomic mass is 19.1. The van der Waals surface area contributed by atoms with Gasteiger partial charge in [0.2, 0.25) is 0 Å². The molecular weight excluding hydrogens is 323 g/mol. The molecule has 0 aliphatic heterocycles. The topological polar surface area (TPSA) is 67.4 Å². The zero-order valence-electron chi connectivity index (χ0n) is 14.2. The fourth-order valence-corrected chi connectivity index (χ4v) is 2.28. The SMILES string of the molecule is COC(CNC(=O)C(=O)NCc1ccc(C)cc1)c1cccc(F)c1. The standard InChI is InChI=1S/C19H21FN2O3/c1-13-6-8-14(9-7-13)11-21-18(23)19(24)22-12-17(25-2)15-4-3-5-16(20)10-15/h3-10,17H,11-12H2,1-2H3,(H,21,23)(H,22,24). The van der Waals surface area contributed by atoms with Gasteiger partial charge >= 0.3 is 11.8 Å². The van der Waals surface area contributed by atoms with Gasteiger partial charge in [0.05, 0.1) is 6.10 Å². The number of carbonyl (C=O) groups excluding carboxylic acids is 2. The third kappa shape index (κ3) is 5.69. The summed E-state index contributed by atoms with van der Waals surface area (Å²) in [5, 5.41) is 5.06. The molecule has 5 nitrogen and oxygen atoms in total. The molecule has 0 radical (unpaired) electrons. The van der Waals surface area contributed by atoms with Gasteiger partial charge in [-0.15, -0.1) is 0 Å². The summed E-state index contributed by atoms with van der Waals surface area (Å²) in [6, 6.07) is 13.6. The average molecular weight is 344 g/mol. The van der Waals surface area contributed by atoms with E-state index in [1.807, 2.05) is 31.2 Å². The summed E-state index contributed by atoms with van der Waals surface area (Å²) in [6.45, 7) is 2.31. The van der Waals surface area contributed by atoms with E-state index < -0.39 is 17.9 Å². The van der Waals surface area contributed by atoms with Crippen molar-refractivity contribution >= 4 is 11.8 Å². The number of benzene rings is 2. The zero-order chi connectivity index (χ0) is 18.2. The molecule has 2 amide bonds. The van der Waals surface area contributed by atoms with Crippen molar-refractivity contribution in [1.82, 2.24) is 10.6 Å². The summed E-state index contributed by atoms with van der Waals surface area (Å²) < 4.78 is 18.5. The van der Waals surface area contributed by atoms with Gasteiger partial charge in [0.15, 0.2) is 0 Å². The smallest absolute Gasteiger partial charge is 0.309 e. The maximum absolute atomic E-state index is 13.3. The van der Waals surface area contributed by atoms with Gasteiger partial charge in [0.1, 0.15) is 5.82 Å². The lowest BCUT2D eigenvalue weighted by Crippen LogP contribution is -2.41. The van der Waals surface area contributed by atoms with Gasteiger partial charge in [0.25, 0.3) is 0 Å². The molecule has 0 aliphatic rings. The molecule has 0 bridgehead atoms. The minimum Gasteiger partial charge on any atom is -0.375 e. The number of carbonyl (C=O) groups is 2. The molecule has 6 heteroatoms. The first-order valence-electron chi connectivity index (χ1n) is 7.89. The first-order chi connectivity index (χ1) is 12.0. The van der Waals surface area contributed by atoms with E-state index in [0.717, 1.165) is 11.1 Å². The second-order valence-corrected chi connectivity index (χ2v) is 5.66. The molecular formula is C19H21FN2O3. The Morgan fingerprint density at radius 1 is 1.08 bits per heavy atom. The molecule has 2 N–H and O–H groups in total. The van der Waals surface area contributed by atoms with Gasteiger partial charge in [0, 0.05) is 20.2 Å². The van der Waals surface area contributed by atoms with Crippen LogP contribution in [0.2, 0.25) is 0 Å². The average Bonchev–Trinajstić information content (AvgIpc) is 2.61. The number of hydrogen-bond acceptors (Lipinski definition) is 3. The van der Waals surface area contributed by atoms with Crippen LogP contribution in [-0.2, 0) is 20.9 Å². The predicted octanol–water partition coefficient (Wildman–Crippen LogP) is 2.25. The van der Waals surface area contributed by atoms with Gasteiger partial charge in [-0.25, -0.2) is 4.39 Å². The summed E-state index contributed by atoms with van der Waals surface area (Å²) in [5.41, 5.74) is 2.61. The molecule has 1 unspecified atom stereocenters.